The molecule has 0 fully saturated rings. The van der Waals surface area contributed by atoms with Crippen LogP contribution in [-0.4, -0.2) is 12.4 Å². The Morgan fingerprint density at radius 1 is 0.615 bits per heavy atom. The van der Waals surface area contributed by atoms with Gasteiger partial charge in [-0.3, -0.25) is 0 Å². The number of rotatable bonds is 7. The van der Waals surface area contributed by atoms with Crippen molar-refractivity contribution in [2.45, 2.75) is 78.1 Å². The molecule has 0 aliphatic rings. The molecule has 0 saturated carbocycles. The highest BCUT2D eigenvalue weighted by atomic mass is 19.4. The summed E-state index contributed by atoms with van der Waals surface area (Å²) in [4.78, 5) is 0. The Morgan fingerprint density at radius 2 is 1.04 bits per heavy atom. The van der Waals surface area contributed by atoms with Gasteiger partial charge in [-0.15, -0.1) is 0 Å². The van der Waals surface area contributed by atoms with Gasteiger partial charge in [-0.25, -0.2) is 0 Å². The van der Waals surface area contributed by atoms with E-state index in [0.29, 0.717) is 12.8 Å². The average molecular weight is 382 g/mol. The molecule has 0 aliphatic heterocycles. The van der Waals surface area contributed by atoms with Crippen LogP contribution in [0.4, 0.5) is 26.3 Å². The van der Waals surface area contributed by atoms with Crippen LogP contribution in [0.25, 0.3) is 0 Å². The van der Waals surface area contributed by atoms with E-state index < -0.39 is 29.6 Å². The lowest BCUT2D eigenvalue weighted by Gasteiger charge is -2.37. The molecule has 0 aliphatic carbocycles. The first-order valence-electron chi connectivity index (χ1n) is 8.71. The highest BCUT2D eigenvalue weighted by Crippen LogP contribution is 2.54. The summed E-state index contributed by atoms with van der Waals surface area (Å²) in [7, 11) is 0. The van der Waals surface area contributed by atoms with E-state index in [-0.39, 0.29) is 18.8 Å². The molecule has 0 N–H and O–H groups in total. The standard InChI is InChI=1S/C20H28F6/c1-16(2,11-13-17(3,4)15-9-7-6-8-10-15)12-14-18(5,19(21,22)23)20(24,25)26/h6-10H,11-14H2,1-5H3. The summed E-state index contributed by atoms with van der Waals surface area (Å²) in [5, 5.41) is 0. The van der Waals surface area contributed by atoms with Crippen molar-refractivity contribution in [1.29, 1.82) is 0 Å². The Hall–Kier alpha value is -1.20. The molecule has 0 spiro atoms. The first-order chi connectivity index (χ1) is 11.5. The molecule has 0 radical (unpaired) electrons. The van der Waals surface area contributed by atoms with Crippen molar-refractivity contribution in [3.8, 4) is 0 Å². The van der Waals surface area contributed by atoms with Crippen LogP contribution in [0.3, 0.4) is 0 Å². The number of hydrogen-bond donors (Lipinski definition) is 0. The van der Waals surface area contributed by atoms with Gasteiger partial charge in [0.2, 0.25) is 0 Å². The second-order valence-electron chi connectivity index (χ2n) is 8.74. The summed E-state index contributed by atoms with van der Waals surface area (Å²) in [6.07, 6.45) is -10.5. The zero-order chi connectivity index (χ0) is 20.4. The highest BCUT2D eigenvalue weighted by Gasteiger charge is 2.67. The Balaban J connectivity index is 2.80. The normalized spacial score (nSPS) is 14.6. The van der Waals surface area contributed by atoms with Crippen molar-refractivity contribution in [2.75, 3.05) is 0 Å². The molecule has 1 rings (SSSR count). The molecule has 26 heavy (non-hydrogen) atoms. The highest BCUT2D eigenvalue weighted by molar-refractivity contribution is 5.23. The van der Waals surface area contributed by atoms with Gasteiger partial charge in [-0.2, -0.15) is 26.3 Å². The van der Waals surface area contributed by atoms with Crippen molar-refractivity contribution >= 4 is 0 Å². The zero-order valence-electron chi connectivity index (χ0n) is 16.0. The Bertz CT molecular complexity index is 552. The number of benzene rings is 1. The molecule has 0 nitrogen and oxygen atoms in total. The number of hydrogen-bond acceptors (Lipinski definition) is 0. The van der Waals surface area contributed by atoms with Crippen molar-refractivity contribution in [3.05, 3.63) is 35.9 Å². The minimum absolute atomic E-state index is 0.145. The predicted octanol–water partition coefficient (Wildman–Crippen LogP) is 7.68. The number of alkyl halides is 6. The predicted molar refractivity (Wildman–Crippen MR) is 91.9 cm³/mol. The van der Waals surface area contributed by atoms with E-state index in [2.05, 4.69) is 0 Å². The van der Waals surface area contributed by atoms with Gasteiger partial charge in [0.05, 0.1) is 0 Å². The SMILES string of the molecule is CC(C)(CCC(C)(C)c1ccccc1)CCC(C)(C(F)(F)F)C(F)(F)F. The van der Waals surface area contributed by atoms with Gasteiger partial charge in [-0.1, -0.05) is 58.0 Å². The Morgan fingerprint density at radius 3 is 1.46 bits per heavy atom. The van der Waals surface area contributed by atoms with Crippen LogP contribution in [0, 0.1) is 10.8 Å². The molecule has 1 aromatic rings. The van der Waals surface area contributed by atoms with Gasteiger partial charge in [0.25, 0.3) is 0 Å². The lowest BCUT2D eigenvalue weighted by Crippen LogP contribution is -2.48. The van der Waals surface area contributed by atoms with E-state index in [9.17, 15) is 26.3 Å². The van der Waals surface area contributed by atoms with E-state index in [4.69, 9.17) is 0 Å². The summed E-state index contributed by atoms with van der Waals surface area (Å²) in [5.41, 5.74) is -3.39. The Kier molecular flexibility index (Phi) is 6.53. The molecule has 0 heterocycles. The fraction of sp³-hybridized carbons (Fsp3) is 0.700. The second-order valence-corrected chi connectivity index (χ2v) is 8.74. The van der Waals surface area contributed by atoms with Crippen molar-refractivity contribution in [1.82, 2.24) is 0 Å². The van der Waals surface area contributed by atoms with Crippen LogP contribution in [0.5, 0.6) is 0 Å². The molecule has 1 aromatic carbocycles. The molecular formula is C20H28F6. The van der Waals surface area contributed by atoms with Crippen molar-refractivity contribution < 1.29 is 26.3 Å². The van der Waals surface area contributed by atoms with Gasteiger partial charge >= 0.3 is 12.4 Å². The third-order valence-corrected chi connectivity index (χ3v) is 5.54. The smallest absolute Gasteiger partial charge is 0.170 e. The van der Waals surface area contributed by atoms with E-state index in [1.807, 2.05) is 44.2 Å². The van der Waals surface area contributed by atoms with Crippen LogP contribution < -0.4 is 0 Å². The van der Waals surface area contributed by atoms with E-state index in [0.717, 1.165) is 5.56 Å². The Labute approximate surface area is 152 Å². The molecule has 0 atom stereocenters. The summed E-state index contributed by atoms with van der Waals surface area (Å²) < 4.78 is 78.3. The summed E-state index contributed by atoms with van der Waals surface area (Å²) >= 11 is 0. The molecule has 0 unspecified atom stereocenters. The van der Waals surface area contributed by atoms with Crippen LogP contribution in [0.15, 0.2) is 30.3 Å². The number of halogens is 6. The van der Waals surface area contributed by atoms with Crippen LogP contribution in [0.1, 0.15) is 65.9 Å². The average Bonchev–Trinajstić information content (AvgIpc) is 2.50. The third kappa shape index (κ3) is 5.40. The van der Waals surface area contributed by atoms with Crippen molar-refractivity contribution in [3.63, 3.8) is 0 Å². The fourth-order valence-corrected chi connectivity index (χ4v) is 2.84. The maximum Gasteiger partial charge on any atom is 0.402 e. The quantitative estimate of drug-likeness (QED) is 0.424. The van der Waals surface area contributed by atoms with Crippen LogP contribution >= 0.6 is 0 Å². The van der Waals surface area contributed by atoms with Gasteiger partial charge in [0.1, 0.15) is 0 Å². The molecule has 6 heteroatoms. The lowest BCUT2D eigenvalue weighted by molar-refractivity contribution is -0.337. The molecule has 0 saturated heterocycles. The minimum atomic E-state index is -5.31. The second kappa shape index (κ2) is 7.43. The molecule has 0 aromatic heterocycles. The zero-order valence-corrected chi connectivity index (χ0v) is 16.0. The van der Waals surface area contributed by atoms with Gasteiger partial charge in [0, 0.05) is 0 Å². The molecular weight excluding hydrogens is 354 g/mol. The monoisotopic (exact) mass is 382 g/mol. The van der Waals surface area contributed by atoms with Gasteiger partial charge in [0.15, 0.2) is 5.41 Å². The van der Waals surface area contributed by atoms with E-state index in [1.165, 1.54) is 0 Å². The van der Waals surface area contributed by atoms with Crippen LogP contribution in [0.2, 0.25) is 0 Å². The first kappa shape index (κ1) is 22.8. The van der Waals surface area contributed by atoms with E-state index >= 15 is 0 Å². The maximum absolute atomic E-state index is 13.1. The maximum atomic E-state index is 13.1. The lowest BCUT2D eigenvalue weighted by atomic mass is 9.71. The summed E-state index contributed by atoms with van der Waals surface area (Å²) in [5.74, 6) is 0. The molecule has 150 valence electrons. The van der Waals surface area contributed by atoms with Gasteiger partial charge in [-0.05, 0) is 49.0 Å². The third-order valence-electron chi connectivity index (χ3n) is 5.54. The minimum Gasteiger partial charge on any atom is -0.170 e. The topological polar surface area (TPSA) is 0 Å². The molecule has 0 amide bonds. The summed E-state index contributed by atoms with van der Waals surface area (Å²) in [6.45, 7) is 7.81. The van der Waals surface area contributed by atoms with Gasteiger partial charge < -0.3 is 0 Å². The summed E-state index contributed by atoms with van der Waals surface area (Å²) in [6, 6.07) is 9.70. The molecule has 0 bridgehead atoms. The fourth-order valence-electron chi connectivity index (χ4n) is 2.84. The van der Waals surface area contributed by atoms with Crippen molar-refractivity contribution in [2.24, 2.45) is 10.8 Å². The van der Waals surface area contributed by atoms with E-state index in [1.54, 1.807) is 13.8 Å². The first-order valence-corrected chi connectivity index (χ1v) is 8.71. The largest absolute Gasteiger partial charge is 0.402 e. The van der Waals surface area contributed by atoms with Crippen LogP contribution in [-0.2, 0) is 5.41 Å².